The van der Waals surface area contributed by atoms with E-state index in [0.717, 1.165) is 26.0 Å². The molecule has 0 saturated carbocycles. The van der Waals surface area contributed by atoms with Gasteiger partial charge in [0.25, 0.3) is 0 Å². The number of H-pyrrole nitrogens is 1. The quantitative estimate of drug-likeness (QED) is 0.547. The van der Waals surface area contributed by atoms with E-state index in [-0.39, 0.29) is 0 Å². The van der Waals surface area contributed by atoms with Gasteiger partial charge in [-0.2, -0.15) is 5.10 Å². The molecule has 0 atom stereocenters. The summed E-state index contributed by atoms with van der Waals surface area (Å²) in [4.78, 5) is 0. The zero-order valence-electron chi connectivity index (χ0n) is 10.7. The van der Waals surface area contributed by atoms with Crippen LogP contribution >= 0.6 is 45.8 Å². The summed E-state index contributed by atoms with van der Waals surface area (Å²) in [5, 5.41) is 8.44. The minimum absolute atomic E-state index is 0.432. The monoisotopic (exact) mass is 429 g/mol. The summed E-state index contributed by atoms with van der Waals surface area (Å²) in [5.74, 6) is 0.432. The van der Waals surface area contributed by atoms with E-state index in [1.54, 1.807) is 0 Å². The van der Waals surface area contributed by atoms with Gasteiger partial charge in [-0.3, -0.25) is 5.10 Å². The van der Waals surface area contributed by atoms with Gasteiger partial charge in [0, 0.05) is 14.2 Å². The maximum absolute atomic E-state index is 6.20. The predicted octanol–water partition coefficient (Wildman–Crippen LogP) is 5.24. The Bertz CT molecular complexity index is 814. The maximum atomic E-state index is 6.20. The number of anilines is 1. The molecule has 1 heterocycles. The van der Waals surface area contributed by atoms with Gasteiger partial charge in [0.1, 0.15) is 0 Å². The van der Waals surface area contributed by atoms with Crippen molar-refractivity contribution in [1.29, 1.82) is 0 Å². The van der Waals surface area contributed by atoms with Crippen molar-refractivity contribution in [3.63, 3.8) is 0 Å². The molecule has 0 saturated heterocycles. The Labute approximate surface area is 145 Å². The summed E-state index contributed by atoms with van der Waals surface area (Å²) in [6.45, 7) is 0. The van der Waals surface area contributed by atoms with Crippen molar-refractivity contribution in [2.75, 3.05) is 5.73 Å². The average molecular weight is 430 g/mol. The molecule has 2 aromatic carbocycles. The summed E-state index contributed by atoms with van der Waals surface area (Å²) in [5.41, 5.74) is 9.51. The second kappa shape index (κ2) is 5.87. The Morgan fingerprint density at radius 1 is 1.05 bits per heavy atom. The third-order valence-electron chi connectivity index (χ3n) is 3.12. The Morgan fingerprint density at radius 3 is 2.57 bits per heavy atom. The maximum Gasteiger partial charge on any atom is 0.153 e. The number of aromatic amines is 1. The van der Waals surface area contributed by atoms with Crippen LogP contribution in [0.2, 0.25) is 10.0 Å². The van der Waals surface area contributed by atoms with E-state index in [9.17, 15) is 0 Å². The van der Waals surface area contributed by atoms with Crippen LogP contribution in [0.3, 0.4) is 0 Å². The number of benzene rings is 2. The molecule has 1 aromatic heterocycles. The highest BCUT2D eigenvalue weighted by molar-refractivity contribution is 14.1. The largest absolute Gasteiger partial charge is 0.382 e. The molecule has 0 spiro atoms. The topological polar surface area (TPSA) is 54.7 Å². The molecule has 0 aliphatic rings. The van der Waals surface area contributed by atoms with E-state index in [4.69, 9.17) is 28.9 Å². The van der Waals surface area contributed by atoms with Crippen LogP contribution in [-0.4, -0.2) is 10.2 Å². The normalized spacial score (nSPS) is 10.8. The fraction of sp³-hybridized carbons (Fsp3) is 0. The number of rotatable bonds is 2. The number of hydrogen-bond acceptors (Lipinski definition) is 2. The molecule has 3 nitrogen and oxygen atoms in total. The fourth-order valence-electron chi connectivity index (χ4n) is 2.15. The first-order valence-corrected chi connectivity index (χ1v) is 7.95. The zero-order chi connectivity index (χ0) is 15.0. The molecule has 0 bridgehead atoms. The lowest BCUT2D eigenvalue weighted by Gasteiger charge is -2.06. The van der Waals surface area contributed by atoms with E-state index in [1.165, 1.54) is 0 Å². The standard InChI is InChI=1S/C15H10Cl2IN3/c16-10-3-1-2-8(6-10)13-14(20-21-15(13)19)9-4-5-12(18)11(17)7-9/h1-7H,(H3,19,20,21). The number of nitrogens with two attached hydrogens (primary N) is 1. The van der Waals surface area contributed by atoms with Crippen LogP contribution in [0, 0.1) is 3.57 Å². The summed E-state index contributed by atoms with van der Waals surface area (Å²) in [6, 6.07) is 13.3. The van der Waals surface area contributed by atoms with Gasteiger partial charge in [-0.1, -0.05) is 41.4 Å². The third kappa shape index (κ3) is 2.88. The van der Waals surface area contributed by atoms with Crippen molar-refractivity contribution in [1.82, 2.24) is 10.2 Å². The molecule has 106 valence electrons. The van der Waals surface area contributed by atoms with Gasteiger partial charge >= 0.3 is 0 Å². The van der Waals surface area contributed by atoms with Gasteiger partial charge in [0.15, 0.2) is 5.82 Å². The van der Waals surface area contributed by atoms with E-state index in [1.807, 2.05) is 42.5 Å². The van der Waals surface area contributed by atoms with Crippen LogP contribution in [0.5, 0.6) is 0 Å². The van der Waals surface area contributed by atoms with E-state index < -0.39 is 0 Å². The fourth-order valence-corrected chi connectivity index (χ4v) is 2.86. The van der Waals surface area contributed by atoms with Crippen LogP contribution in [0.25, 0.3) is 22.4 Å². The number of hydrogen-bond donors (Lipinski definition) is 2. The van der Waals surface area contributed by atoms with Crippen LogP contribution in [0.15, 0.2) is 42.5 Å². The lowest BCUT2D eigenvalue weighted by Crippen LogP contribution is -1.89. The Kier molecular flexibility index (Phi) is 4.10. The first kappa shape index (κ1) is 14.7. The van der Waals surface area contributed by atoms with E-state index in [0.29, 0.717) is 15.9 Å². The van der Waals surface area contributed by atoms with Gasteiger partial charge in [0.2, 0.25) is 0 Å². The molecule has 0 aliphatic heterocycles. The molecule has 21 heavy (non-hydrogen) atoms. The second-order valence-corrected chi connectivity index (χ2v) is 6.50. The second-order valence-electron chi connectivity index (χ2n) is 4.50. The average Bonchev–Trinajstić information content (AvgIpc) is 2.84. The molecule has 3 aromatic rings. The molecular formula is C15H10Cl2IN3. The van der Waals surface area contributed by atoms with Gasteiger partial charge < -0.3 is 5.73 Å². The van der Waals surface area contributed by atoms with Crippen LogP contribution in [0.4, 0.5) is 5.82 Å². The molecule has 3 rings (SSSR count). The van der Waals surface area contributed by atoms with E-state index >= 15 is 0 Å². The summed E-state index contributed by atoms with van der Waals surface area (Å²) < 4.78 is 0.995. The van der Waals surface area contributed by atoms with Gasteiger partial charge in [-0.25, -0.2) is 0 Å². The first-order chi connectivity index (χ1) is 10.1. The highest BCUT2D eigenvalue weighted by Gasteiger charge is 2.15. The molecular weight excluding hydrogens is 420 g/mol. The number of nitrogens with zero attached hydrogens (tertiary/aromatic N) is 1. The van der Waals surface area contributed by atoms with E-state index in [2.05, 4.69) is 32.8 Å². The minimum atomic E-state index is 0.432. The van der Waals surface area contributed by atoms with Crippen LogP contribution in [0.1, 0.15) is 0 Å². The molecule has 0 fully saturated rings. The smallest absolute Gasteiger partial charge is 0.153 e. The number of aromatic nitrogens is 2. The molecule has 0 radical (unpaired) electrons. The van der Waals surface area contributed by atoms with Crippen molar-refractivity contribution < 1.29 is 0 Å². The molecule has 0 amide bonds. The van der Waals surface area contributed by atoms with Crippen LogP contribution < -0.4 is 5.73 Å². The summed E-state index contributed by atoms with van der Waals surface area (Å²) >= 11 is 14.5. The number of nitrogen functional groups attached to an aromatic ring is 1. The third-order valence-corrected chi connectivity index (χ3v) is 4.92. The van der Waals surface area contributed by atoms with Crippen molar-refractivity contribution in [3.05, 3.63) is 56.1 Å². The van der Waals surface area contributed by atoms with Gasteiger partial charge in [-0.15, -0.1) is 0 Å². The lowest BCUT2D eigenvalue weighted by molar-refractivity contribution is 1.10. The van der Waals surface area contributed by atoms with Crippen molar-refractivity contribution >= 4 is 51.6 Å². The zero-order valence-corrected chi connectivity index (χ0v) is 14.4. The number of halogens is 3. The Hall–Kier alpha value is -1.24. The predicted molar refractivity (Wildman–Crippen MR) is 96.6 cm³/mol. The van der Waals surface area contributed by atoms with Crippen molar-refractivity contribution in [2.24, 2.45) is 0 Å². The Morgan fingerprint density at radius 2 is 1.86 bits per heavy atom. The SMILES string of the molecule is Nc1n[nH]c(-c2ccc(I)c(Cl)c2)c1-c1cccc(Cl)c1. The molecule has 6 heteroatoms. The van der Waals surface area contributed by atoms with Gasteiger partial charge in [-0.05, 0) is 52.4 Å². The lowest BCUT2D eigenvalue weighted by atomic mass is 10.0. The molecule has 3 N–H and O–H groups in total. The highest BCUT2D eigenvalue weighted by Crippen LogP contribution is 2.36. The Balaban J connectivity index is 2.19. The minimum Gasteiger partial charge on any atom is -0.382 e. The van der Waals surface area contributed by atoms with Crippen molar-refractivity contribution in [2.45, 2.75) is 0 Å². The highest BCUT2D eigenvalue weighted by atomic mass is 127. The van der Waals surface area contributed by atoms with Gasteiger partial charge in [0.05, 0.1) is 16.3 Å². The van der Waals surface area contributed by atoms with Crippen molar-refractivity contribution in [3.8, 4) is 22.4 Å². The summed E-state index contributed by atoms with van der Waals surface area (Å²) in [6.07, 6.45) is 0. The summed E-state index contributed by atoms with van der Waals surface area (Å²) in [7, 11) is 0. The first-order valence-electron chi connectivity index (χ1n) is 6.11. The number of nitrogens with one attached hydrogen (secondary N) is 1. The van der Waals surface area contributed by atoms with Crippen LogP contribution in [-0.2, 0) is 0 Å². The molecule has 0 unspecified atom stereocenters. The molecule has 0 aliphatic carbocycles.